The Balaban J connectivity index is 1.55. The van der Waals surface area contributed by atoms with Gasteiger partial charge in [-0.25, -0.2) is 14.4 Å². The van der Waals surface area contributed by atoms with E-state index in [9.17, 15) is 13.2 Å². The van der Waals surface area contributed by atoms with Crippen molar-refractivity contribution in [1.29, 1.82) is 0 Å². The molecule has 0 amide bonds. The molecule has 0 saturated heterocycles. The average molecular weight is 391 g/mol. The van der Waals surface area contributed by atoms with Crippen LogP contribution in [0, 0.1) is 11.7 Å². The van der Waals surface area contributed by atoms with Gasteiger partial charge in [0.15, 0.2) is 11.6 Å². The third-order valence-electron chi connectivity index (χ3n) is 4.45. The van der Waals surface area contributed by atoms with Gasteiger partial charge in [-0.1, -0.05) is 12.1 Å². The lowest BCUT2D eigenvalue weighted by molar-refractivity contribution is 0.116. The van der Waals surface area contributed by atoms with Crippen LogP contribution in [0.2, 0.25) is 0 Å². The van der Waals surface area contributed by atoms with Crippen molar-refractivity contribution in [2.75, 3.05) is 12.4 Å². The molecule has 1 aliphatic rings. The van der Waals surface area contributed by atoms with Gasteiger partial charge in [-0.2, -0.15) is 8.78 Å². The molecule has 1 fully saturated rings. The summed E-state index contributed by atoms with van der Waals surface area (Å²) in [5, 5.41) is 9.97. The van der Waals surface area contributed by atoms with Crippen molar-refractivity contribution >= 4 is 5.95 Å². The maximum absolute atomic E-state index is 14.7. The Hall–Kier alpha value is -3.17. The van der Waals surface area contributed by atoms with Gasteiger partial charge in [-0.3, -0.25) is 0 Å². The number of benzene rings is 1. The van der Waals surface area contributed by atoms with E-state index in [-0.39, 0.29) is 29.5 Å². The second-order valence-electron chi connectivity index (χ2n) is 6.36. The molecule has 146 valence electrons. The monoisotopic (exact) mass is 391 g/mol. The molecule has 1 unspecified atom stereocenters. The van der Waals surface area contributed by atoms with Gasteiger partial charge in [0, 0.05) is 18.0 Å². The van der Waals surface area contributed by atoms with Gasteiger partial charge in [0.1, 0.15) is 0 Å². The van der Waals surface area contributed by atoms with Crippen LogP contribution in [-0.2, 0) is 0 Å². The number of anilines is 1. The zero-order valence-corrected chi connectivity index (χ0v) is 14.8. The maximum Gasteiger partial charge on any atom is 0.314 e. The normalized spacial score (nSPS) is 14.9. The Kier molecular flexibility index (Phi) is 4.84. The fraction of sp³-hybridized carbons (Fsp3) is 0.333. The van der Waals surface area contributed by atoms with Gasteiger partial charge in [-0.15, -0.1) is 10.2 Å². The summed E-state index contributed by atoms with van der Waals surface area (Å²) in [5.74, 6) is -0.575. The molecule has 1 aromatic carbocycles. The third-order valence-corrected chi connectivity index (χ3v) is 4.45. The molecule has 1 saturated carbocycles. The van der Waals surface area contributed by atoms with Crippen LogP contribution >= 0.6 is 0 Å². The lowest BCUT2D eigenvalue weighted by atomic mass is 10.0. The first-order chi connectivity index (χ1) is 13.6. The highest BCUT2D eigenvalue weighted by Crippen LogP contribution is 2.44. The van der Waals surface area contributed by atoms with E-state index in [1.807, 2.05) is 0 Å². The molecule has 0 radical (unpaired) electrons. The topological polar surface area (TPSA) is 86.0 Å². The lowest BCUT2D eigenvalue weighted by Crippen LogP contribution is -2.16. The van der Waals surface area contributed by atoms with Crippen molar-refractivity contribution in [3.05, 3.63) is 47.9 Å². The van der Waals surface area contributed by atoms with Crippen LogP contribution in [0.1, 0.15) is 36.8 Å². The minimum atomic E-state index is -2.85. The minimum Gasteiger partial charge on any atom is -0.494 e. The number of alkyl halides is 2. The Labute approximate surface area is 158 Å². The molecule has 3 aromatic rings. The second kappa shape index (κ2) is 7.45. The Morgan fingerprint density at radius 1 is 1.18 bits per heavy atom. The first kappa shape index (κ1) is 18.2. The van der Waals surface area contributed by atoms with E-state index in [1.54, 1.807) is 18.2 Å². The lowest BCUT2D eigenvalue weighted by Gasteiger charge is -2.20. The minimum absolute atomic E-state index is 0.0977. The fourth-order valence-electron chi connectivity index (χ4n) is 2.90. The summed E-state index contributed by atoms with van der Waals surface area (Å²) < 4.78 is 49.7. The molecular weight excluding hydrogens is 375 g/mol. The Morgan fingerprint density at radius 2 is 1.93 bits per heavy atom. The summed E-state index contributed by atoms with van der Waals surface area (Å²) in [7, 11) is 1.42. The standard InChI is InChI=1S/C18H16F3N5O2/c1-27-12-4-2-3-11(13(12)19)14(9-5-6-9)24-18-22-7-10(8-23-18)16-25-26-17(28-16)15(20)21/h2-4,7-9,14-15H,5-6H2,1H3,(H,22,23,24). The Bertz CT molecular complexity index is 960. The zero-order valence-electron chi connectivity index (χ0n) is 14.8. The van der Waals surface area contributed by atoms with Crippen molar-refractivity contribution in [1.82, 2.24) is 20.2 Å². The molecular formula is C18H16F3N5O2. The highest BCUT2D eigenvalue weighted by Gasteiger charge is 2.35. The van der Waals surface area contributed by atoms with E-state index < -0.39 is 18.1 Å². The third kappa shape index (κ3) is 3.62. The first-order valence-corrected chi connectivity index (χ1v) is 8.59. The number of nitrogens with zero attached hydrogens (tertiary/aromatic N) is 4. The van der Waals surface area contributed by atoms with Gasteiger partial charge in [0.05, 0.1) is 18.7 Å². The molecule has 0 spiro atoms. The second-order valence-corrected chi connectivity index (χ2v) is 6.36. The van der Waals surface area contributed by atoms with E-state index in [0.29, 0.717) is 11.1 Å². The van der Waals surface area contributed by atoms with Gasteiger partial charge < -0.3 is 14.5 Å². The van der Waals surface area contributed by atoms with Gasteiger partial charge in [-0.05, 0) is 24.8 Å². The molecule has 2 heterocycles. The smallest absolute Gasteiger partial charge is 0.314 e. The van der Waals surface area contributed by atoms with Crippen LogP contribution in [-0.4, -0.2) is 27.3 Å². The summed E-state index contributed by atoms with van der Waals surface area (Å²) in [6.45, 7) is 0. The van der Waals surface area contributed by atoms with Crippen LogP contribution < -0.4 is 10.1 Å². The molecule has 4 rings (SSSR count). The number of nitrogens with one attached hydrogen (secondary N) is 1. The number of methoxy groups -OCH3 is 1. The van der Waals surface area contributed by atoms with Gasteiger partial charge in [0.2, 0.25) is 5.95 Å². The Morgan fingerprint density at radius 3 is 2.54 bits per heavy atom. The number of halogens is 3. The van der Waals surface area contributed by atoms with Crippen molar-refractivity contribution in [2.24, 2.45) is 5.92 Å². The van der Waals surface area contributed by atoms with E-state index in [4.69, 9.17) is 9.15 Å². The largest absolute Gasteiger partial charge is 0.494 e. The van der Waals surface area contributed by atoms with Crippen LogP contribution in [0.5, 0.6) is 5.75 Å². The van der Waals surface area contributed by atoms with Crippen LogP contribution in [0.4, 0.5) is 19.1 Å². The molecule has 1 aliphatic carbocycles. The van der Waals surface area contributed by atoms with Gasteiger partial charge in [0.25, 0.3) is 11.8 Å². The quantitative estimate of drug-likeness (QED) is 0.647. The highest BCUT2D eigenvalue weighted by atomic mass is 19.3. The predicted octanol–water partition coefficient (Wildman–Crippen LogP) is 4.18. The molecule has 10 heteroatoms. The van der Waals surface area contributed by atoms with Crippen molar-refractivity contribution in [2.45, 2.75) is 25.3 Å². The first-order valence-electron chi connectivity index (χ1n) is 8.59. The zero-order chi connectivity index (χ0) is 19.7. The van der Waals surface area contributed by atoms with Crippen LogP contribution in [0.15, 0.2) is 35.0 Å². The molecule has 7 nitrogen and oxygen atoms in total. The summed E-state index contributed by atoms with van der Waals surface area (Å²) in [4.78, 5) is 8.33. The van der Waals surface area contributed by atoms with Gasteiger partial charge >= 0.3 is 6.43 Å². The molecule has 28 heavy (non-hydrogen) atoms. The van der Waals surface area contributed by atoms with Crippen molar-refractivity contribution < 1.29 is 22.3 Å². The molecule has 1 atom stereocenters. The van der Waals surface area contributed by atoms with Crippen molar-refractivity contribution in [3.8, 4) is 17.2 Å². The summed E-state index contributed by atoms with van der Waals surface area (Å²) >= 11 is 0. The summed E-state index contributed by atoms with van der Waals surface area (Å²) in [6, 6.07) is 4.68. The maximum atomic E-state index is 14.7. The summed E-state index contributed by atoms with van der Waals surface area (Å²) in [6.07, 6.45) is 1.84. The number of hydrogen-bond acceptors (Lipinski definition) is 7. The van der Waals surface area contributed by atoms with Crippen LogP contribution in [0.25, 0.3) is 11.5 Å². The molecule has 1 N–H and O–H groups in total. The fourth-order valence-corrected chi connectivity index (χ4v) is 2.90. The van der Waals surface area contributed by atoms with E-state index in [0.717, 1.165) is 12.8 Å². The molecule has 0 bridgehead atoms. The predicted molar refractivity (Wildman–Crippen MR) is 92.3 cm³/mol. The molecule has 2 aromatic heterocycles. The molecule has 0 aliphatic heterocycles. The van der Waals surface area contributed by atoms with Crippen LogP contribution in [0.3, 0.4) is 0 Å². The number of rotatable bonds is 7. The number of hydrogen-bond donors (Lipinski definition) is 1. The highest BCUT2D eigenvalue weighted by molar-refractivity contribution is 5.50. The van der Waals surface area contributed by atoms with E-state index in [2.05, 4.69) is 25.5 Å². The summed E-state index contributed by atoms with van der Waals surface area (Å²) in [5.41, 5.74) is 0.786. The van der Waals surface area contributed by atoms with E-state index in [1.165, 1.54) is 19.5 Å². The van der Waals surface area contributed by atoms with E-state index >= 15 is 0 Å². The number of ether oxygens (including phenoxy) is 1. The average Bonchev–Trinajstić information content (AvgIpc) is 3.42. The SMILES string of the molecule is COc1cccc(C(Nc2ncc(-c3nnc(C(F)F)o3)cn2)C2CC2)c1F. The van der Waals surface area contributed by atoms with Crippen molar-refractivity contribution in [3.63, 3.8) is 0 Å². The number of aromatic nitrogens is 4.